The predicted octanol–water partition coefficient (Wildman–Crippen LogP) is 2.67. The van der Waals surface area contributed by atoms with Gasteiger partial charge in [-0.05, 0) is 49.2 Å². The highest BCUT2D eigenvalue weighted by Crippen LogP contribution is 2.23. The lowest BCUT2D eigenvalue weighted by atomic mass is 10.2. The Hall–Kier alpha value is -3.22. The van der Waals surface area contributed by atoms with E-state index in [-0.39, 0.29) is 18.4 Å². The van der Waals surface area contributed by atoms with Gasteiger partial charge in [-0.15, -0.1) is 0 Å². The lowest BCUT2D eigenvalue weighted by Gasteiger charge is -2.17. The van der Waals surface area contributed by atoms with Gasteiger partial charge >= 0.3 is 0 Å². The summed E-state index contributed by atoms with van der Waals surface area (Å²) in [6.07, 6.45) is 2.44. The summed E-state index contributed by atoms with van der Waals surface area (Å²) in [5.41, 5.74) is 2.22. The first kappa shape index (κ1) is 19.5. The molecule has 1 fully saturated rings. The topological polar surface area (TPSA) is 79.9 Å². The lowest BCUT2D eigenvalue weighted by Crippen LogP contribution is -2.32. The summed E-state index contributed by atoms with van der Waals surface area (Å²) in [6, 6.07) is 12.6. The number of nitrogens with zero attached hydrogens (tertiary/aromatic N) is 1. The number of methoxy groups -OCH3 is 2. The Morgan fingerprint density at radius 2 is 1.57 bits per heavy atom. The second kappa shape index (κ2) is 9.12. The highest BCUT2D eigenvalue weighted by atomic mass is 16.5. The Morgan fingerprint density at radius 3 is 2.14 bits per heavy atom. The predicted molar refractivity (Wildman–Crippen MR) is 108 cm³/mol. The molecule has 2 aromatic carbocycles. The van der Waals surface area contributed by atoms with Crippen LogP contribution in [0.1, 0.15) is 23.2 Å². The molecule has 0 radical (unpaired) electrons. The minimum absolute atomic E-state index is 0.133. The molecule has 1 aliphatic rings. The number of nitrogens with one attached hydrogen (secondary N) is 2. The van der Waals surface area contributed by atoms with E-state index in [1.165, 1.54) is 27.1 Å². The molecule has 0 aliphatic carbocycles. The minimum atomic E-state index is -0.378. The number of carbonyl (C=O) groups is 2. The number of rotatable bonds is 7. The van der Waals surface area contributed by atoms with Gasteiger partial charge in [0.1, 0.15) is 11.5 Å². The molecule has 7 heteroatoms. The summed E-state index contributed by atoms with van der Waals surface area (Å²) in [5.74, 6) is 0.341. The highest BCUT2D eigenvalue weighted by Gasteiger charge is 2.13. The molecule has 7 nitrogen and oxygen atoms in total. The highest BCUT2D eigenvalue weighted by molar-refractivity contribution is 5.99. The minimum Gasteiger partial charge on any atom is -0.497 e. The molecule has 0 atom stereocenters. The number of amides is 2. The van der Waals surface area contributed by atoms with Crippen LogP contribution in [0.2, 0.25) is 0 Å². The molecular formula is C21H25N3O4. The molecule has 3 rings (SSSR count). The molecule has 0 unspecified atom stereocenters. The molecular weight excluding hydrogens is 358 g/mol. The molecule has 0 bridgehead atoms. The van der Waals surface area contributed by atoms with Crippen molar-refractivity contribution in [1.29, 1.82) is 0 Å². The SMILES string of the molecule is COc1cc(OC)cc(C(=O)NCC(=O)Nc2ccc(N3CCCC3)cc2)c1. The molecule has 0 spiro atoms. The summed E-state index contributed by atoms with van der Waals surface area (Å²) >= 11 is 0. The van der Waals surface area contributed by atoms with Gasteiger partial charge in [0.05, 0.1) is 20.8 Å². The Bertz CT molecular complexity index is 808. The lowest BCUT2D eigenvalue weighted by molar-refractivity contribution is -0.115. The zero-order valence-corrected chi connectivity index (χ0v) is 16.2. The Labute approximate surface area is 164 Å². The van der Waals surface area contributed by atoms with E-state index in [1.54, 1.807) is 18.2 Å². The molecule has 1 saturated heterocycles. The molecule has 28 heavy (non-hydrogen) atoms. The Morgan fingerprint density at radius 1 is 0.964 bits per heavy atom. The van der Waals surface area contributed by atoms with E-state index in [4.69, 9.17) is 9.47 Å². The average Bonchev–Trinajstić information content (AvgIpc) is 3.27. The van der Waals surface area contributed by atoms with Gasteiger partial charge in [-0.25, -0.2) is 0 Å². The van der Waals surface area contributed by atoms with Crippen molar-refractivity contribution in [1.82, 2.24) is 5.32 Å². The first-order valence-corrected chi connectivity index (χ1v) is 9.25. The van der Waals surface area contributed by atoms with E-state index in [0.29, 0.717) is 22.7 Å². The number of benzene rings is 2. The van der Waals surface area contributed by atoms with Crippen molar-refractivity contribution in [3.8, 4) is 11.5 Å². The molecule has 1 aliphatic heterocycles. The second-order valence-corrected chi connectivity index (χ2v) is 6.57. The average molecular weight is 383 g/mol. The first-order valence-electron chi connectivity index (χ1n) is 9.25. The van der Waals surface area contributed by atoms with Crippen molar-refractivity contribution < 1.29 is 19.1 Å². The van der Waals surface area contributed by atoms with Gasteiger partial charge < -0.3 is 25.0 Å². The fourth-order valence-corrected chi connectivity index (χ4v) is 3.14. The van der Waals surface area contributed by atoms with E-state index in [2.05, 4.69) is 15.5 Å². The summed E-state index contributed by atoms with van der Waals surface area (Å²) < 4.78 is 10.3. The largest absolute Gasteiger partial charge is 0.497 e. The molecule has 148 valence electrons. The van der Waals surface area contributed by atoms with Gasteiger partial charge in [0.25, 0.3) is 5.91 Å². The van der Waals surface area contributed by atoms with Gasteiger partial charge in [-0.1, -0.05) is 0 Å². The van der Waals surface area contributed by atoms with Crippen molar-refractivity contribution in [3.05, 3.63) is 48.0 Å². The fourth-order valence-electron chi connectivity index (χ4n) is 3.14. The van der Waals surface area contributed by atoms with Crippen LogP contribution in [-0.2, 0) is 4.79 Å². The van der Waals surface area contributed by atoms with Crippen LogP contribution in [-0.4, -0.2) is 45.7 Å². The van der Waals surface area contributed by atoms with Crippen LogP contribution in [0.25, 0.3) is 0 Å². The zero-order valence-electron chi connectivity index (χ0n) is 16.2. The second-order valence-electron chi connectivity index (χ2n) is 6.57. The first-order chi connectivity index (χ1) is 13.6. The molecule has 2 N–H and O–H groups in total. The summed E-state index contributed by atoms with van der Waals surface area (Å²) in [7, 11) is 3.03. The van der Waals surface area contributed by atoms with E-state index >= 15 is 0 Å². The van der Waals surface area contributed by atoms with Crippen molar-refractivity contribution in [2.24, 2.45) is 0 Å². The van der Waals surface area contributed by atoms with Crippen molar-refractivity contribution in [2.75, 3.05) is 44.1 Å². The maximum absolute atomic E-state index is 12.3. The van der Waals surface area contributed by atoms with E-state index in [0.717, 1.165) is 18.8 Å². The third-order valence-electron chi connectivity index (χ3n) is 4.65. The van der Waals surface area contributed by atoms with Gasteiger partial charge in [-0.3, -0.25) is 9.59 Å². The maximum atomic E-state index is 12.3. The summed E-state index contributed by atoms with van der Waals surface area (Å²) in [4.78, 5) is 26.8. The molecule has 1 heterocycles. The third kappa shape index (κ3) is 4.94. The third-order valence-corrected chi connectivity index (χ3v) is 4.65. The maximum Gasteiger partial charge on any atom is 0.251 e. The molecule has 0 aromatic heterocycles. The quantitative estimate of drug-likeness (QED) is 0.768. The number of carbonyl (C=O) groups excluding carboxylic acids is 2. The van der Waals surface area contributed by atoms with Crippen LogP contribution in [0.3, 0.4) is 0 Å². The van der Waals surface area contributed by atoms with Crippen LogP contribution < -0.4 is 25.0 Å². The van der Waals surface area contributed by atoms with Gasteiger partial charge in [0.2, 0.25) is 5.91 Å². The fraction of sp³-hybridized carbons (Fsp3) is 0.333. The van der Waals surface area contributed by atoms with E-state index in [1.807, 2.05) is 24.3 Å². The van der Waals surface area contributed by atoms with E-state index in [9.17, 15) is 9.59 Å². The van der Waals surface area contributed by atoms with E-state index < -0.39 is 0 Å². The van der Waals surface area contributed by atoms with Crippen LogP contribution in [0.4, 0.5) is 11.4 Å². The van der Waals surface area contributed by atoms with Crippen LogP contribution in [0, 0.1) is 0 Å². The molecule has 0 saturated carbocycles. The smallest absolute Gasteiger partial charge is 0.251 e. The zero-order chi connectivity index (χ0) is 19.9. The number of hydrogen-bond acceptors (Lipinski definition) is 5. The van der Waals surface area contributed by atoms with Crippen LogP contribution >= 0.6 is 0 Å². The van der Waals surface area contributed by atoms with Gasteiger partial charge in [-0.2, -0.15) is 0 Å². The van der Waals surface area contributed by atoms with Crippen molar-refractivity contribution >= 4 is 23.2 Å². The molecule has 2 aromatic rings. The number of anilines is 2. The summed E-state index contributed by atoms with van der Waals surface area (Å²) in [5, 5.41) is 5.40. The van der Waals surface area contributed by atoms with Gasteiger partial charge in [0.15, 0.2) is 0 Å². The van der Waals surface area contributed by atoms with Crippen molar-refractivity contribution in [2.45, 2.75) is 12.8 Å². The molecule has 2 amide bonds. The standard InChI is InChI=1S/C21H25N3O4/c1-27-18-11-15(12-19(13-18)28-2)21(26)22-14-20(25)23-16-5-7-17(8-6-16)24-9-3-4-10-24/h5-8,11-13H,3-4,9-10,14H2,1-2H3,(H,22,26)(H,23,25). The van der Waals surface area contributed by atoms with Crippen LogP contribution in [0.5, 0.6) is 11.5 Å². The monoisotopic (exact) mass is 383 g/mol. The van der Waals surface area contributed by atoms with Gasteiger partial charge in [0, 0.05) is 36.1 Å². The van der Waals surface area contributed by atoms with Crippen molar-refractivity contribution in [3.63, 3.8) is 0 Å². The Balaban J connectivity index is 1.53. The normalized spacial score (nSPS) is 13.1. The Kier molecular flexibility index (Phi) is 6.37. The summed E-state index contributed by atoms with van der Waals surface area (Å²) in [6.45, 7) is 2.02. The van der Waals surface area contributed by atoms with Crippen LogP contribution in [0.15, 0.2) is 42.5 Å². The number of ether oxygens (including phenoxy) is 2. The number of hydrogen-bond donors (Lipinski definition) is 2.